The van der Waals surface area contributed by atoms with E-state index in [-0.39, 0.29) is 10.3 Å². The molecular weight excluding hydrogens is 182 g/mol. The minimum Gasteiger partial charge on any atom is -0.384 e. The van der Waals surface area contributed by atoms with Crippen LogP contribution in [-0.4, -0.2) is 16.5 Å². The van der Waals surface area contributed by atoms with Crippen LogP contribution in [0.4, 0.5) is 0 Å². The Kier molecular flexibility index (Phi) is 2.85. The van der Waals surface area contributed by atoms with E-state index in [9.17, 15) is 0 Å². The zero-order valence-corrected chi connectivity index (χ0v) is 8.48. The van der Waals surface area contributed by atoms with E-state index in [1.165, 1.54) is 6.20 Å². The van der Waals surface area contributed by atoms with E-state index in [1.807, 2.05) is 23.9 Å². The van der Waals surface area contributed by atoms with Crippen LogP contribution < -0.4 is 5.32 Å². The summed E-state index contributed by atoms with van der Waals surface area (Å²) in [6, 6.07) is 4.00. The van der Waals surface area contributed by atoms with Crippen molar-refractivity contribution in [3.05, 3.63) is 11.8 Å². The normalized spacial score (nSPS) is 23.2. The van der Waals surface area contributed by atoms with Gasteiger partial charge < -0.3 is 5.32 Å². The fourth-order valence-electron chi connectivity index (χ4n) is 1.02. The van der Waals surface area contributed by atoms with Crippen LogP contribution >= 0.6 is 11.8 Å². The van der Waals surface area contributed by atoms with Gasteiger partial charge in [-0.25, -0.2) is 0 Å². The second kappa shape index (κ2) is 3.72. The third-order valence-corrected chi connectivity index (χ3v) is 3.66. The summed E-state index contributed by atoms with van der Waals surface area (Å²) in [5, 5.41) is 20.0. The molecule has 1 N–H and O–H groups in total. The van der Waals surface area contributed by atoms with Crippen molar-refractivity contribution >= 4 is 11.8 Å². The highest BCUT2D eigenvalue weighted by molar-refractivity contribution is 8.02. The van der Waals surface area contributed by atoms with Crippen LogP contribution in [0, 0.1) is 22.7 Å². The Morgan fingerprint density at radius 3 is 2.46 bits per heavy atom. The summed E-state index contributed by atoms with van der Waals surface area (Å²) in [5.74, 6) is 1.04. The first-order valence-corrected chi connectivity index (χ1v) is 4.99. The number of nitriles is 2. The van der Waals surface area contributed by atoms with Crippen LogP contribution in [0.3, 0.4) is 0 Å². The topological polar surface area (TPSA) is 59.6 Å². The molecule has 1 rings (SSSR count). The van der Waals surface area contributed by atoms with Gasteiger partial charge in [-0.15, -0.1) is 0 Å². The molecule has 0 aromatic heterocycles. The van der Waals surface area contributed by atoms with Crippen LogP contribution in [0.15, 0.2) is 11.8 Å². The maximum absolute atomic E-state index is 8.47. The molecule has 1 saturated heterocycles. The van der Waals surface area contributed by atoms with E-state index in [2.05, 4.69) is 19.2 Å². The third-order valence-electron chi connectivity index (χ3n) is 2.13. The maximum Gasteiger partial charge on any atom is 0.145 e. The first kappa shape index (κ1) is 9.95. The van der Waals surface area contributed by atoms with Gasteiger partial charge in [-0.1, -0.05) is 0 Å². The smallest absolute Gasteiger partial charge is 0.145 e. The summed E-state index contributed by atoms with van der Waals surface area (Å²) in [4.78, 5) is 0. The summed E-state index contributed by atoms with van der Waals surface area (Å²) < 4.78 is 0.215. The quantitative estimate of drug-likeness (QED) is 0.673. The number of thioether (sulfide) groups is 1. The maximum atomic E-state index is 8.47. The lowest BCUT2D eigenvalue weighted by Crippen LogP contribution is -2.52. The van der Waals surface area contributed by atoms with Gasteiger partial charge in [-0.05, 0) is 13.8 Å². The summed E-state index contributed by atoms with van der Waals surface area (Å²) in [6.07, 6.45) is 1.51. The second-order valence-corrected chi connectivity index (χ2v) is 5.09. The number of allylic oxidation sites excluding steroid dienone is 1. The molecule has 1 fully saturated rings. The van der Waals surface area contributed by atoms with Crippen LogP contribution in [-0.2, 0) is 0 Å². The predicted molar refractivity (Wildman–Crippen MR) is 52.8 cm³/mol. The molecule has 0 bridgehead atoms. The van der Waals surface area contributed by atoms with Crippen molar-refractivity contribution in [3.63, 3.8) is 0 Å². The summed E-state index contributed by atoms with van der Waals surface area (Å²) in [7, 11) is 0. The van der Waals surface area contributed by atoms with Gasteiger partial charge in [-0.2, -0.15) is 22.3 Å². The minimum absolute atomic E-state index is 0.132. The van der Waals surface area contributed by atoms with Crippen molar-refractivity contribution in [2.24, 2.45) is 0 Å². The van der Waals surface area contributed by atoms with Gasteiger partial charge in [0.2, 0.25) is 0 Å². The van der Waals surface area contributed by atoms with Crippen LogP contribution in [0.2, 0.25) is 0 Å². The Morgan fingerprint density at radius 1 is 1.54 bits per heavy atom. The zero-order chi connectivity index (χ0) is 9.90. The lowest BCUT2D eigenvalue weighted by molar-refractivity contribution is 0.485. The molecule has 1 aliphatic rings. The first-order valence-electron chi connectivity index (χ1n) is 4.00. The molecule has 0 aromatic carbocycles. The van der Waals surface area contributed by atoms with Crippen molar-refractivity contribution in [2.75, 3.05) is 5.75 Å². The van der Waals surface area contributed by atoms with Crippen molar-refractivity contribution in [2.45, 2.75) is 24.6 Å². The van der Waals surface area contributed by atoms with Gasteiger partial charge in [0.25, 0.3) is 0 Å². The van der Waals surface area contributed by atoms with Crippen LogP contribution in [0.1, 0.15) is 13.8 Å². The average Bonchev–Trinajstić information content (AvgIpc) is 2.11. The molecule has 1 unspecified atom stereocenters. The van der Waals surface area contributed by atoms with E-state index in [1.54, 1.807) is 0 Å². The highest BCUT2D eigenvalue weighted by Crippen LogP contribution is 2.39. The number of nitrogens with one attached hydrogen (secondary N) is 1. The van der Waals surface area contributed by atoms with E-state index < -0.39 is 0 Å². The fraction of sp³-hybridized carbons (Fsp3) is 0.556. The molecule has 1 aliphatic heterocycles. The summed E-state index contributed by atoms with van der Waals surface area (Å²) in [6.45, 7) is 4.29. The molecule has 0 spiro atoms. The Balaban J connectivity index is 2.49. The average molecular weight is 193 g/mol. The lowest BCUT2D eigenvalue weighted by Gasteiger charge is -2.43. The Morgan fingerprint density at radius 2 is 2.15 bits per heavy atom. The van der Waals surface area contributed by atoms with Gasteiger partial charge in [0.15, 0.2) is 0 Å². The zero-order valence-electron chi connectivity index (χ0n) is 7.66. The van der Waals surface area contributed by atoms with E-state index >= 15 is 0 Å². The third kappa shape index (κ3) is 2.17. The minimum atomic E-state index is 0.132. The lowest BCUT2D eigenvalue weighted by atomic mass is 10.0. The number of rotatable bonds is 2. The van der Waals surface area contributed by atoms with Crippen molar-refractivity contribution in [1.82, 2.24) is 5.32 Å². The molecule has 1 atom stereocenters. The van der Waals surface area contributed by atoms with Crippen LogP contribution in [0.25, 0.3) is 0 Å². The van der Waals surface area contributed by atoms with Crippen molar-refractivity contribution in [3.8, 4) is 12.1 Å². The van der Waals surface area contributed by atoms with Gasteiger partial charge in [0.05, 0.1) is 0 Å². The standard InChI is InChI=1S/C9H11N3S/c1-9(2)8(6-13-9)12-5-7(3-10)4-11/h5,8,12H,6H2,1-2H3. The SMILES string of the molecule is CC1(C)SCC1NC=C(C#N)C#N. The molecule has 68 valence electrons. The monoisotopic (exact) mass is 193 g/mol. The van der Waals surface area contributed by atoms with Crippen molar-refractivity contribution < 1.29 is 0 Å². The molecule has 3 nitrogen and oxygen atoms in total. The first-order chi connectivity index (χ1) is 6.10. The molecule has 0 amide bonds. The van der Waals surface area contributed by atoms with Gasteiger partial charge >= 0.3 is 0 Å². The van der Waals surface area contributed by atoms with Crippen molar-refractivity contribution in [1.29, 1.82) is 10.5 Å². The summed E-state index contributed by atoms with van der Waals surface area (Å²) in [5.41, 5.74) is 0.132. The number of hydrogen-bond donors (Lipinski definition) is 1. The molecule has 0 radical (unpaired) electrons. The second-order valence-electron chi connectivity index (χ2n) is 3.42. The molecule has 0 saturated carbocycles. The van der Waals surface area contributed by atoms with Gasteiger partial charge in [0, 0.05) is 22.7 Å². The van der Waals surface area contributed by atoms with E-state index in [4.69, 9.17) is 10.5 Å². The van der Waals surface area contributed by atoms with Gasteiger partial charge in [-0.3, -0.25) is 0 Å². The van der Waals surface area contributed by atoms with Gasteiger partial charge in [0.1, 0.15) is 17.7 Å². The molecule has 4 heteroatoms. The molecular formula is C9H11N3S. The Labute approximate surface area is 82.4 Å². The fourth-order valence-corrected chi connectivity index (χ4v) is 2.19. The molecule has 1 heterocycles. The molecule has 0 aliphatic carbocycles. The Hall–Kier alpha value is -1.13. The predicted octanol–water partition coefficient (Wildman–Crippen LogP) is 1.40. The summed E-state index contributed by atoms with van der Waals surface area (Å²) >= 11 is 1.88. The molecule has 0 aromatic rings. The largest absolute Gasteiger partial charge is 0.384 e. The molecule has 13 heavy (non-hydrogen) atoms. The number of nitrogens with zero attached hydrogens (tertiary/aromatic N) is 2. The van der Waals surface area contributed by atoms with Crippen LogP contribution in [0.5, 0.6) is 0 Å². The van der Waals surface area contributed by atoms with E-state index in [0.29, 0.717) is 6.04 Å². The number of hydrogen-bond acceptors (Lipinski definition) is 4. The van der Waals surface area contributed by atoms with E-state index in [0.717, 1.165) is 5.75 Å². The highest BCUT2D eigenvalue weighted by atomic mass is 32.2. The Bertz CT molecular complexity index is 290. The highest BCUT2D eigenvalue weighted by Gasteiger charge is 2.38.